The van der Waals surface area contributed by atoms with Gasteiger partial charge < -0.3 is 25.2 Å². The molecule has 3 aliphatic heterocycles. The van der Waals surface area contributed by atoms with Gasteiger partial charge in [-0.15, -0.1) is 0 Å². The van der Waals surface area contributed by atoms with Crippen molar-refractivity contribution >= 4 is 29.2 Å². The van der Waals surface area contributed by atoms with E-state index < -0.39 is 0 Å². The number of hydrogen-bond acceptors (Lipinski definition) is 6. The fraction of sp³-hybridized carbons (Fsp3) is 0.567. The Morgan fingerprint density at radius 1 is 1.13 bits per heavy atom. The molecule has 3 aliphatic rings. The van der Waals surface area contributed by atoms with Gasteiger partial charge in [-0.1, -0.05) is 11.6 Å². The van der Waals surface area contributed by atoms with Gasteiger partial charge in [0.2, 0.25) is 5.91 Å². The number of benzene rings is 1. The van der Waals surface area contributed by atoms with E-state index in [2.05, 4.69) is 20.5 Å². The van der Waals surface area contributed by atoms with E-state index in [9.17, 15) is 9.59 Å². The summed E-state index contributed by atoms with van der Waals surface area (Å²) >= 11 is 5.96. The second-order valence-corrected chi connectivity index (χ2v) is 11.6. The quantitative estimate of drug-likeness (QED) is 0.453. The minimum Gasteiger partial charge on any atom is -0.494 e. The summed E-state index contributed by atoms with van der Waals surface area (Å²) in [4.78, 5) is 34.3. The Morgan fingerprint density at radius 3 is 2.64 bits per heavy atom. The van der Waals surface area contributed by atoms with Crippen LogP contribution in [-0.2, 0) is 4.79 Å². The van der Waals surface area contributed by atoms with E-state index in [0.29, 0.717) is 36.1 Å². The third kappa shape index (κ3) is 7.22. The number of nitrogens with one attached hydrogen (secondary N) is 2. The van der Waals surface area contributed by atoms with Gasteiger partial charge in [0.25, 0.3) is 5.91 Å². The highest BCUT2D eigenvalue weighted by Crippen LogP contribution is 2.26. The molecule has 2 atom stereocenters. The van der Waals surface area contributed by atoms with Crippen molar-refractivity contribution in [1.29, 1.82) is 0 Å². The highest BCUT2D eigenvalue weighted by molar-refractivity contribution is 6.30. The maximum Gasteiger partial charge on any atom is 0.251 e. The summed E-state index contributed by atoms with van der Waals surface area (Å²) in [5, 5.41) is 7.07. The molecule has 0 radical (unpaired) electrons. The molecule has 39 heavy (non-hydrogen) atoms. The molecule has 8 nitrogen and oxygen atoms in total. The molecule has 3 saturated heterocycles. The van der Waals surface area contributed by atoms with Crippen LogP contribution in [0, 0.1) is 12.8 Å². The predicted molar refractivity (Wildman–Crippen MR) is 154 cm³/mol. The van der Waals surface area contributed by atoms with Crippen molar-refractivity contribution < 1.29 is 14.3 Å². The first kappa shape index (κ1) is 27.7. The molecule has 2 aromatic rings. The van der Waals surface area contributed by atoms with Crippen molar-refractivity contribution in [2.75, 3.05) is 44.2 Å². The molecule has 0 unspecified atom stereocenters. The van der Waals surface area contributed by atoms with Gasteiger partial charge in [-0.25, -0.2) is 4.98 Å². The second-order valence-electron chi connectivity index (χ2n) is 11.1. The van der Waals surface area contributed by atoms with Crippen LogP contribution in [0.3, 0.4) is 0 Å². The number of aromatic nitrogens is 1. The van der Waals surface area contributed by atoms with Crippen LogP contribution in [0.2, 0.25) is 5.02 Å². The van der Waals surface area contributed by atoms with Crippen molar-refractivity contribution in [1.82, 2.24) is 20.5 Å². The molecule has 3 fully saturated rings. The summed E-state index contributed by atoms with van der Waals surface area (Å²) in [5.41, 5.74) is 1.54. The number of hydrogen-bond donors (Lipinski definition) is 2. The summed E-state index contributed by atoms with van der Waals surface area (Å²) in [5.74, 6) is 2.58. The van der Waals surface area contributed by atoms with Crippen molar-refractivity contribution in [3.05, 3.63) is 52.7 Å². The molecule has 0 spiro atoms. The highest BCUT2D eigenvalue weighted by atomic mass is 35.5. The van der Waals surface area contributed by atoms with Crippen LogP contribution in [0.15, 0.2) is 36.5 Å². The maximum absolute atomic E-state index is 12.9. The average molecular weight is 554 g/mol. The Bertz CT molecular complexity index is 1130. The van der Waals surface area contributed by atoms with Gasteiger partial charge in [-0.2, -0.15) is 0 Å². The SMILES string of the molecule is Cc1cc(OCCCC2CCN(c3ccc(Cl)cn3)CC2)ccc1C(=O)N[C@@H]1CN[C@H](C(=O)N2CCCC2)C1. The van der Waals surface area contributed by atoms with Gasteiger partial charge in [-0.05, 0) is 93.7 Å². The number of nitrogens with zero attached hydrogens (tertiary/aromatic N) is 3. The molecular weight excluding hydrogens is 514 g/mol. The molecule has 9 heteroatoms. The monoisotopic (exact) mass is 553 g/mol. The van der Waals surface area contributed by atoms with Crippen molar-refractivity contribution in [3.63, 3.8) is 0 Å². The Labute approximate surface area is 236 Å². The van der Waals surface area contributed by atoms with E-state index in [1.165, 1.54) is 0 Å². The Balaban J connectivity index is 1.01. The van der Waals surface area contributed by atoms with E-state index >= 15 is 0 Å². The largest absolute Gasteiger partial charge is 0.494 e. The predicted octanol–water partition coefficient (Wildman–Crippen LogP) is 4.20. The first-order chi connectivity index (χ1) is 19.0. The van der Waals surface area contributed by atoms with Gasteiger partial charge >= 0.3 is 0 Å². The van der Waals surface area contributed by atoms with Crippen molar-refractivity contribution in [3.8, 4) is 5.75 Å². The average Bonchev–Trinajstić information content (AvgIpc) is 3.65. The van der Waals surface area contributed by atoms with E-state index in [4.69, 9.17) is 16.3 Å². The molecule has 0 bridgehead atoms. The summed E-state index contributed by atoms with van der Waals surface area (Å²) in [6, 6.07) is 9.32. The van der Waals surface area contributed by atoms with Crippen LogP contribution in [0.25, 0.3) is 0 Å². The molecule has 2 amide bonds. The second kappa shape index (κ2) is 13.0. The first-order valence-electron chi connectivity index (χ1n) is 14.4. The fourth-order valence-corrected chi connectivity index (χ4v) is 6.12. The molecule has 0 aliphatic carbocycles. The zero-order chi connectivity index (χ0) is 27.2. The number of halogens is 1. The first-order valence-corrected chi connectivity index (χ1v) is 14.8. The number of ether oxygens (including phenoxy) is 1. The number of pyridine rings is 1. The van der Waals surface area contributed by atoms with Crippen LogP contribution < -0.4 is 20.3 Å². The molecule has 1 aromatic heterocycles. The van der Waals surface area contributed by atoms with Gasteiger partial charge in [0.05, 0.1) is 17.7 Å². The van der Waals surface area contributed by atoms with Crippen LogP contribution >= 0.6 is 11.6 Å². The highest BCUT2D eigenvalue weighted by Gasteiger charge is 2.34. The number of carbonyl (C=O) groups excluding carboxylic acids is 2. The van der Waals surface area contributed by atoms with Gasteiger partial charge in [0.15, 0.2) is 0 Å². The third-order valence-electron chi connectivity index (χ3n) is 8.30. The normalized spacial score (nSPS) is 21.8. The van der Waals surface area contributed by atoms with Crippen LogP contribution in [0.1, 0.15) is 60.9 Å². The Hall–Kier alpha value is -2.84. The standard InChI is InChI=1S/C30H40ClN5O3/c1-21-17-25(39-16-4-5-22-10-14-35(15-11-22)28-9-6-23(31)19-33-28)7-8-26(21)29(37)34-24-18-27(32-20-24)30(38)36-12-2-3-13-36/h6-9,17,19,22,24,27,32H,2-5,10-16,18,20H2,1H3,(H,34,37)/t24-,27-/m0/s1. The zero-order valence-corrected chi connectivity index (χ0v) is 23.6. The summed E-state index contributed by atoms with van der Waals surface area (Å²) in [7, 11) is 0. The number of piperidine rings is 1. The lowest BCUT2D eigenvalue weighted by Crippen LogP contribution is -2.42. The lowest BCUT2D eigenvalue weighted by atomic mass is 9.92. The minimum atomic E-state index is -0.196. The van der Waals surface area contributed by atoms with E-state index in [1.54, 1.807) is 6.20 Å². The minimum absolute atomic E-state index is 0.0429. The number of anilines is 1. The van der Waals surface area contributed by atoms with E-state index in [1.807, 2.05) is 42.2 Å². The molecule has 5 rings (SSSR count). The maximum atomic E-state index is 12.9. The number of amides is 2. The molecule has 2 N–H and O–H groups in total. The lowest BCUT2D eigenvalue weighted by Gasteiger charge is -2.32. The van der Waals surface area contributed by atoms with Gasteiger partial charge in [0.1, 0.15) is 11.6 Å². The van der Waals surface area contributed by atoms with Gasteiger partial charge in [0, 0.05) is 50.5 Å². The molecule has 1 aromatic carbocycles. The molecular formula is C30H40ClN5O3. The van der Waals surface area contributed by atoms with Crippen LogP contribution in [0.5, 0.6) is 5.75 Å². The molecule has 210 valence electrons. The van der Waals surface area contributed by atoms with Gasteiger partial charge in [-0.3, -0.25) is 9.59 Å². The summed E-state index contributed by atoms with van der Waals surface area (Å²) in [6.07, 6.45) is 9.01. The van der Waals surface area contributed by atoms with Crippen LogP contribution in [0.4, 0.5) is 5.82 Å². The zero-order valence-electron chi connectivity index (χ0n) is 22.8. The molecule has 4 heterocycles. The van der Waals surface area contributed by atoms with Crippen molar-refractivity contribution in [2.45, 2.75) is 64.0 Å². The van der Waals surface area contributed by atoms with E-state index in [0.717, 1.165) is 81.8 Å². The fourth-order valence-electron chi connectivity index (χ4n) is 6.00. The Morgan fingerprint density at radius 2 is 1.92 bits per heavy atom. The third-order valence-corrected chi connectivity index (χ3v) is 8.52. The lowest BCUT2D eigenvalue weighted by molar-refractivity contribution is -0.132. The number of carbonyl (C=O) groups is 2. The molecule has 0 saturated carbocycles. The number of rotatable bonds is 9. The smallest absolute Gasteiger partial charge is 0.251 e. The summed E-state index contributed by atoms with van der Waals surface area (Å²) in [6.45, 7) is 6.98. The Kier molecular flexibility index (Phi) is 9.24. The van der Waals surface area contributed by atoms with E-state index in [-0.39, 0.29) is 23.9 Å². The number of likely N-dealkylation sites (tertiary alicyclic amines) is 1. The van der Waals surface area contributed by atoms with Crippen molar-refractivity contribution in [2.24, 2.45) is 5.92 Å². The van der Waals surface area contributed by atoms with Crippen LogP contribution in [-0.4, -0.2) is 73.1 Å². The topological polar surface area (TPSA) is 86.8 Å². The number of aryl methyl sites for hydroxylation is 1. The summed E-state index contributed by atoms with van der Waals surface area (Å²) < 4.78 is 6.02.